The van der Waals surface area contributed by atoms with E-state index in [-0.39, 0.29) is 6.03 Å². The van der Waals surface area contributed by atoms with Gasteiger partial charge in [0.2, 0.25) is 5.91 Å². The molecule has 0 aliphatic carbocycles. The summed E-state index contributed by atoms with van der Waals surface area (Å²) in [4.78, 5) is 25.2. The summed E-state index contributed by atoms with van der Waals surface area (Å²) in [6.45, 7) is 2.10. The van der Waals surface area contributed by atoms with Gasteiger partial charge in [0.15, 0.2) is 0 Å². The molecule has 1 aromatic carbocycles. The van der Waals surface area contributed by atoms with Crippen molar-refractivity contribution in [3.05, 3.63) is 35.9 Å². The Morgan fingerprint density at radius 1 is 1.25 bits per heavy atom. The fraction of sp³-hybridized carbons (Fsp3) is 0.429. The Kier molecular flexibility index (Phi) is 4.95. The van der Waals surface area contributed by atoms with Crippen molar-refractivity contribution in [1.82, 2.24) is 10.2 Å². The largest absolute Gasteiger partial charge is 0.378 e. The second kappa shape index (κ2) is 6.91. The van der Waals surface area contributed by atoms with E-state index < -0.39 is 11.9 Å². The van der Waals surface area contributed by atoms with Crippen LogP contribution in [0.1, 0.15) is 5.56 Å². The van der Waals surface area contributed by atoms with E-state index in [4.69, 9.17) is 10.5 Å². The minimum Gasteiger partial charge on any atom is -0.378 e. The molecule has 2 rings (SSSR count). The Balaban J connectivity index is 1.95. The van der Waals surface area contributed by atoms with Crippen molar-refractivity contribution in [3.63, 3.8) is 0 Å². The lowest BCUT2D eigenvalue weighted by Crippen LogP contribution is -2.53. The number of hydrogen-bond donors (Lipinski definition) is 2. The van der Waals surface area contributed by atoms with Crippen molar-refractivity contribution in [2.75, 3.05) is 26.3 Å². The molecule has 1 atom stereocenters. The van der Waals surface area contributed by atoms with Crippen LogP contribution in [0.3, 0.4) is 0 Å². The fourth-order valence-corrected chi connectivity index (χ4v) is 2.08. The molecule has 1 aliphatic heterocycles. The number of nitrogens with zero attached hydrogens (tertiary/aromatic N) is 1. The average molecular weight is 277 g/mol. The number of ether oxygens (including phenoxy) is 1. The predicted octanol–water partition coefficient (Wildman–Crippen LogP) is 0.125. The van der Waals surface area contributed by atoms with Crippen LogP contribution in [0.5, 0.6) is 0 Å². The molecule has 1 fully saturated rings. The molecule has 6 nitrogen and oxygen atoms in total. The SMILES string of the molecule is NC(=O)C(Cc1ccccc1)NC(=O)N1CCOCC1. The van der Waals surface area contributed by atoms with Crippen LogP contribution >= 0.6 is 0 Å². The summed E-state index contributed by atoms with van der Waals surface area (Å²) in [7, 11) is 0. The van der Waals surface area contributed by atoms with E-state index in [9.17, 15) is 9.59 Å². The van der Waals surface area contributed by atoms with Gasteiger partial charge in [0.25, 0.3) is 0 Å². The first-order chi connectivity index (χ1) is 9.66. The molecule has 0 bridgehead atoms. The molecule has 0 spiro atoms. The molecule has 1 heterocycles. The summed E-state index contributed by atoms with van der Waals surface area (Å²) in [6, 6.07) is 8.50. The van der Waals surface area contributed by atoms with Gasteiger partial charge in [0.1, 0.15) is 6.04 Å². The molecule has 0 aromatic heterocycles. The summed E-state index contributed by atoms with van der Waals surface area (Å²) in [5, 5.41) is 2.69. The molecule has 20 heavy (non-hydrogen) atoms. The summed E-state index contributed by atoms with van der Waals surface area (Å²) >= 11 is 0. The normalized spacial score (nSPS) is 16.5. The zero-order valence-electron chi connectivity index (χ0n) is 11.2. The minimum atomic E-state index is -0.701. The highest BCUT2D eigenvalue weighted by molar-refractivity contribution is 5.86. The molecule has 6 heteroatoms. The van der Waals surface area contributed by atoms with Crippen LogP contribution in [-0.2, 0) is 16.0 Å². The molecule has 108 valence electrons. The highest BCUT2D eigenvalue weighted by Crippen LogP contribution is 2.04. The van der Waals surface area contributed by atoms with E-state index in [1.807, 2.05) is 30.3 Å². The predicted molar refractivity (Wildman–Crippen MR) is 74.1 cm³/mol. The Hall–Kier alpha value is -2.08. The van der Waals surface area contributed by atoms with Gasteiger partial charge in [0.05, 0.1) is 13.2 Å². The van der Waals surface area contributed by atoms with Gasteiger partial charge in [0, 0.05) is 19.5 Å². The molecule has 3 N–H and O–H groups in total. The quantitative estimate of drug-likeness (QED) is 0.820. The van der Waals surface area contributed by atoms with E-state index in [1.165, 1.54) is 0 Å². The summed E-state index contributed by atoms with van der Waals surface area (Å²) in [5.74, 6) is -0.532. The van der Waals surface area contributed by atoms with Gasteiger partial charge in [-0.25, -0.2) is 4.79 Å². The number of primary amides is 1. The van der Waals surface area contributed by atoms with E-state index in [0.717, 1.165) is 5.56 Å². The van der Waals surface area contributed by atoms with Crippen molar-refractivity contribution in [2.45, 2.75) is 12.5 Å². The van der Waals surface area contributed by atoms with Gasteiger partial charge in [-0.3, -0.25) is 4.79 Å². The van der Waals surface area contributed by atoms with Gasteiger partial charge >= 0.3 is 6.03 Å². The zero-order valence-corrected chi connectivity index (χ0v) is 11.2. The lowest BCUT2D eigenvalue weighted by molar-refractivity contribution is -0.119. The Labute approximate surface area is 117 Å². The molecule has 0 saturated carbocycles. The molecule has 1 saturated heterocycles. The summed E-state index contributed by atoms with van der Waals surface area (Å²) < 4.78 is 5.18. The smallest absolute Gasteiger partial charge is 0.318 e. The van der Waals surface area contributed by atoms with Crippen molar-refractivity contribution in [1.29, 1.82) is 0 Å². The molecular weight excluding hydrogens is 258 g/mol. The Morgan fingerprint density at radius 2 is 1.90 bits per heavy atom. The molecule has 1 aliphatic rings. The number of benzene rings is 1. The highest BCUT2D eigenvalue weighted by atomic mass is 16.5. The zero-order chi connectivity index (χ0) is 14.4. The standard InChI is InChI=1S/C14H19N3O3/c15-13(18)12(10-11-4-2-1-3-5-11)16-14(19)17-6-8-20-9-7-17/h1-5,12H,6-10H2,(H2,15,18)(H,16,19). The maximum atomic E-state index is 12.1. The number of nitrogens with one attached hydrogen (secondary N) is 1. The van der Waals surface area contributed by atoms with Crippen LogP contribution in [0.4, 0.5) is 4.79 Å². The number of urea groups is 1. The fourth-order valence-electron chi connectivity index (χ4n) is 2.08. The molecule has 3 amide bonds. The van der Waals surface area contributed by atoms with Gasteiger partial charge in [-0.05, 0) is 5.56 Å². The number of nitrogens with two attached hydrogens (primary N) is 1. The molecule has 0 radical (unpaired) electrons. The number of morpholine rings is 1. The van der Waals surface area contributed by atoms with Gasteiger partial charge < -0.3 is 20.7 Å². The van der Waals surface area contributed by atoms with Crippen LogP contribution in [0.25, 0.3) is 0 Å². The van der Waals surface area contributed by atoms with Gasteiger partial charge in [-0.2, -0.15) is 0 Å². The third-order valence-electron chi connectivity index (χ3n) is 3.22. The maximum Gasteiger partial charge on any atom is 0.318 e. The summed E-state index contributed by atoms with van der Waals surface area (Å²) in [6.07, 6.45) is 0.395. The average Bonchev–Trinajstić information content (AvgIpc) is 2.48. The van der Waals surface area contributed by atoms with Crippen LogP contribution in [0.15, 0.2) is 30.3 Å². The Morgan fingerprint density at radius 3 is 2.50 bits per heavy atom. The number of carbonyl (C=O) groups excluding carboxylic acids is 2. The lowest BCUT2D eigenvalue weighted by atomic mass is 10.1. The third kappa shape index (κ3) is 3.96. The topological polar surface area (TPSA) is 84.7 Å². The first kappa shape index (κ1) is 14.3. The number of hydrogen-bond acceptors (Lipinski definition) is 3. The highest BCUT2D eigenvalue weighted by Gasteiger charge is 2.23. The molecule has 1 unspecified atom stereocenters. The summed E-state index contributed by atoms with van der Waals surface area (Å²) in [5.41, 5.74) is 6.32. The Bertz CT molecular complexity index is 458. The number of amides is 3. The lowest BCUT2D eigenvalue weighted by Gasteiger charge is -2.28. The van der Waals surface area contributed by atoms with Crippen LogP contribution in [0, 0.1) is 0 Å². The molecule has 1 aromatic rings. The van der Waals surface area contributed by atoms with E-state index >= 15 is 0 Å². The second-order valence-corrected chi connectivity index (χ2v) is 4.69. The van der Waals surface area contributed by atoms with Crippen molar-refractivity contribution < 1.29 is 14.3 Å². The second-order valence-electron chi connectivity index (χ2n) is 4.69. The van der Waals surface area contributed by atoms with Gasteiger partial charge in [-0.15, -0.1) is 0 Å². The van der Waals surface area contributed by atoms with E-state index in [2.05, 4.69) is 5.32 Å². The van der Waals surface area contributed by atoms with Crippen LogP contribution < -0.4 is 11.1 Å². The number of rotatable bonds is 4. The third-order valence-corrected chi connectivity index (χ3v) is 3.22. The first-order valence-electron chi connectivity index (χ1n) is 6.63. The minimum absolute atomic E-state index is 0.270. The first-order valence-corrected chi connectivity index (χ1v) is 6.63. The van der Waals surface area contributed by atoms with Crippen molar-refractivity contribution in [2.24, 2.45) is 5.73 Å². The van der Waals surface area contributed by atoms with Crippen LogP contribution in [-0.4, -0.2) is 49.2 Å². The monoisotopic (exact) mass is 277 g/mol. The molecular formula is C14H19N3O3. The van der Waals surface area contributed by atoms with Crippen LogP contribution in [0.2, 0.25) is 0 Å². The van der Waals surface area contributed by atoms with Gasteiger partial charge in [-0.1, -0.05) is 30.3 Å². The van der Waals surface area contributed by atoms with Crippen molar-refractivity contribution in [3.8, 4) is 0 Å². The number of carbonyl (C=O) groups is 2. The van der Waals surface area contributed by atoms with E-state index in [1.54, 1.807) is 4.90 Å². The van der Waals surface area contributed by atoms with E-state index in [0.29, 0.717) is 32.7 Å². The van der Waals surface area contributed by atoms with Crippen molar-refractivity contribution >= 4 is 11.9 Å². The maximum absolute atomic E-state index is 12.1.